The van der Waals surface area contributed by atoms with E-state index >= 15 is 0 Å². The van der Waals surface area contributed by atoms with Crippen molar-refractivity contribution in [2.45, 2.75) is 37.5 Å². The van der Waals surface area contributed by atoms with Crippen molar-refractivity contribution in [1.29, 1.82) is 0 Å². The minimum Gasteiger partial charge on any atom is -0.278 e. The summed E-state index contributed by atoms with van der Waals surface area (Å²) in [6, 6.07) is 42.3. The van der Waals surface area contributed by atoms with E-state index in [0.717, 1.165) is 39.9 Å². The van der Waals surface area contributed by atoms with Crippen molar-refractivity contribution in [3.05, 3.63) is 126 Å². The van der Waals surface area contributed by atoms with E-state index in [0.29, 0.717) is 11.8 Å². The third kappa shape index (κ3) is 3.07. The van der Waals surface area contributed by atoms with E-state index in [-0.39, 0.29) is 5.41 Å². The van der Waals surface area contributed by atoms with E-state index in [9.17, 15) is 0 Å². The van der Waals surface area contributed by atoms with Crippen molar-refractivity contribution in [2.24, 2.45) is 23.7 Å². The van der Waals surface area contributed by atoms with Gasteiger partial charge in [-0.3, -0.25) is 4.57 Å². The molecule has 3 heteroatoms. The summed E-state index contributed by atoms with van der Waals surface area (Å²) in [7, 11) is 0. The van der Waals surface area contributed by atoms with Crippen LogP contribution < -0.4 is 0 Å². The van der Waals surface area contributed by atoms with Crippen LogP contribution in [-0.2, 0) is 5.41 Å². The van der Waals surface area contributed by atoms with Gasteiger partial charge in [0.2, 0.25) is 5.95 Å². The van der Waals surface area contributed by atoms with Gasteiger partial charge in [-0.2, -0.15) is 0 Å². The smallest absolute Gasteiger partial charge is 0.235 e. The molecule has 5 aliphatic rings. The lowest BCUT2D eigenvalue weighted by Gasteiger charge is -2.61. The molecule has 0 N–H and O–H groups in total. The largest absolute Gasteiger partial charge is 0.278 e. The maximum atomic E-state index is 5.38. The number of hydrogen-bond acceptors (Lipinski definition) is 2. The van der Waals surface area contributed by atoms with Crippen molar-refractivity contribution >= 4 is 32.7 Å². The van der Waals surface area contributed by atoms with Crippen molar-refractivity contribution < 1.29 is 0 Å². The molecule has 0 aliphatic heterocycles. The van der Waals surface area contributed by atoms with E-state index in [1.165, 1.54) is 65.0 Å². The minimum atomic E-state index is 0.0905. The second-order valence-corrected chi connectivity index (χ2v) is 14.2. The van der Waals surface area contributed by atoms with Crippen molar-refractivity contribution in [3.8, 4) is 28.3 Å². The zero-order chi connectivity index (χ0) is 29.3. The summed E-state index contributed by atoms with van der Waals surface area (Å²) in [6.07, 6.45) is 6.98. The zero-order valence-corrected chi connectivity index (χ0v) is 25.2. The fourth-order valence-corrected chi connectivity index (χ4v) is 10.9. The molecule has 2 heterocycles. The summed E-state index contributed by atoms with van der Waals surface area (Å²) in [6.45, 7) is 0. The highest BCUT2D eigenvalue weighted by Crippen LogP contribution is 2.70. The average Bonchev–Trinajstić information content (AvgIpc) is 3.58. The summed E-state index contributed by atoms with van der Waals surface area (Å²) in [5, 5.41) is 3.82. The van der Waals surface area contributed by atoms with Gasteiger partial charge in [0, 0.05) is 27.1 Å². The maximum Gasteiger partial charge on any atom is 0.235 e. The summed E-state index contributed by atoms with van der Waals surface area (Å²) in [5.74, 6) is 4.00. The maximum absolute atomic E-state index is 5.38. The molecule has 12 rings (SSSR count). The third-order valence-electron chi connectivity index (χ3n) is 12.2. The van der Waals surface area contributed by atoms with Gasteiger partial charge < -0.3 is 0 Å². The SMILES string of the molecule is c1ccc(-c2nc(-n3c4ccccc4c4c5c(ccc43)-c3ccccc3C53C4CC5CC(C4)CC3C5)nc3ccccc23)cc1. The van der Waals surface area contributed by atoms with E-state index in [1.54, 1.807) is 11.1 Å². The van der Waals surface area contributed by atoms with Gasteiger partial charge in [-0.25, -0.2) is 9.97 Å². The highest BCUT2D eigenvalue weighted by atomic mass is 15.2. The van der Waals surface area contributed by atoms with Crippen LogP contribution in [0.4, 0.5) is 0 Å². The summed E-state index contributed by atoms with van der Waals surface area (Å²) in [4.78, 5) is 10.6. The highest BCUT2D eigenvalue weighted by Gasteiger charge is 2.62. The van der Waals surface area contributed by atoms with Gasteiger partial charge in [0.25, 0.3) is 0 Å². The Morgan fingerprint density at radius 1 is 0.556 bits per heavy atom. The molecule has 0 radical (unpaired) electrons. The zero-order valence-electron chi connectivity index (χ0n) is 25.2. The number of benzene rings is 5. The Morgan fingerprint density at radius 3 is 2.07 bits per heavy atom. The Labute approximate surface area is 262 Å². The van der Waals surface area contributed by atoms with E-state index in [1.807, 2.05) is 0 Å². The normalized spacial score (nSPS) is 25.9. The fourth-order valence-electron chi connectivity index (χ4n) is 10.9. The molecule has 2 aromatic heterocycles. The Bertz CT molecular complexity index is 2320. The fraction of sp³-hybridized carbons (Fsp3) is 0.238. The molecule has 7 aromatic rings. The molecule has 4 fully saturated rings. The molecule has 5 aliphatic carbocycles. The van der Waals surface area contributed by atoms with Crippen LogP contribution in [0.1, 0.15) is 43.2 Å². The summed E-state index contributed by atoms with van der Waals surface area (Å²) < 4.78 is 2.36. The second-order valence-electron chi connectivity index (χ2n) is 14.2. The van der Waals surface area contributed by atoms with Crippen LogP contribution in [0.2, 0.25) is 0 Å². The first-order valence-electron chi connectivity index (χ1n) is 16.8. The first-order chi connectivity index (χ1) is 22.3. The molecule has 0 atom stereocenters. The number of aromatic nitrogens is 3. The van der Waals surface area contributed by atoms with Gasteiger partial charge in [-0.15, -0.1) is 0 Å². The predicted octanol–water partition coefficient (Wildman–Crippen LogP) is 10.1. The molecule has 3 nitrogen and oxygen atoms in total. The molecule has 216 valence electrons. The van der Waals surface area contributed by atoms with Gasteiger partial charge >= 0.3 is 0 Å². The van der Waals surface area contributed by atoms with Gasteiger partial charge in [-0.1, -0.05) is 97.1 Å². The standard InChI is InChI=1S/C42H33N3/c1-2-10-27(11-3-1)40-32-13-5-8-16-35(32)43-41(44-40)45-36-17-9-6-14-33(36)38-37(45)19-18-31-30-12-4-7-15-34(30)42(39(31)38)28-21-25-20-26(23-28)24-29(42)22-25/h1-19,25-26,28-29H,20-24H2. The van der Waals surface area contributed by atoms with Crippen LogP contribution in [0.3, 0.4) is 0 Å². The second kappa shape index (κ2) is 8.69. The molecule has 45 heavy (non-hydrogen) atoms. The van der Waals surface area contributed by atoms with E-state index in [4.69, 9.17) is 9.97 Å². The van der Waals surface area contributed by atoms with Gasteiger partial charge in [0.1, 0.15) is 0 Å². The number of hydrogen-bond donors (Lipinski definition) is 0. The molecule has 0 saturated heterocycles. The molecule has 5 aromatic carbocycles. The monoisotopic (exact) mass is 579 g/mol. The van der Waals surface area contributed by atoms with Gasteiger partial charge in [0.15, 0.2) is 0 Å². The predicted molar refractivity (Wildman–Crippen MR) is 183 cm³/mol. The number of nitrogens with zero attached hydrogens (tertiary/aromatic N) is 3. The molecule has 1 spiro atoms. The van der Waals surface area contributed by atoms with Crippen LogP contribution in [0.15, 0.2) is 115 Å². The number of para-hydroxylation sites is 2. The lowest BCUT2D eigenvalue weighted by Crippen LogP contribution is -2.55. The van der Waals surface area contributed by atoms with Gasteiger partial charge in [0.05, 0.1) is 22.2 Å². The molecular weight excluding hydrogens is 546 g/mol. The van der Waals surface area contributed by atoms with Crippen LogP contribution in [0.5, 0.6) is 0 Å². The third-order valence-corrected chi connectivity index (χ3v) is 12.2. The molecule has 4 bridgehead atoms. The van der Waals surface area contributed by atoms with Gasteiger partial charge in [-0.05, 0) is 96.2 Å². The average molecular weight is 580 g/mol. The first kappa shape index (κ1) is 24.5. The Kier molecular flexibility index (Phi) is 4.74. The highest BCUT2D eigenvalue weighted by molar-refractivity contribution is 6.14. The van der Waals surface area contributed by atoms with Crippen LogP contribution in [0.25, 0.3) is 61.0 Å². The molecule has 0 unspecified atom stereocenters. The van der Waals surface area contributed by atoms with Crippen LogP contribution >= 0.6 is 0 Å². The Hall–Kier alpha value is -4.76. The molecular formula is C42H33N3. The topological polar surface area (TPSA) is 30.7 Å². The quantitative estimate of drug-likeness (QED) is 0.204. The lowest BCUT2D eigenvalue weighted by atomic mass is 9.43. The summed E-state index contributed by atoms with van der Waals surface area (Å²) in [5.41, 5.74) is 11.7. The molecule has 0 amide bonds. The number of fused-ring (bicyclic) bond motifs is 8. The van der Waals surface area contributed by atoms with Crippen molar-refractivity contribution in [3.63, 3.8) is 0 Å². The number of rotatable bonds is 2. The Balaban J connectivity index is 1.26. The van der Waals surface area contributed by atoms with E-state index < -0.39 is 0 Å². The summed E-state index contributed by atoms with van der Waals surface area (Å²) >= 11 is 0. The minimum absolute atomic E-state index is 0.0905. The lowest BCUT2D eigenvalue weighted by molar-refractivity contribution is -0.0393. The van der Waals surface area contributed by atoms with Crippen LogP contribution in [-0.4, -0.2) is 14.5 Å². The van der Waals surface area contributed by atoms with Crippen molar-refractivity contribution in [2.75, 3.05) is 0 Å². The van der Waals surface area contributed by atoms with Crippen molar-refractivity contribution in [1.82, 2.24) is 14.5 Å². The van der Waals surface area contributed by atoms with Crippen LogP contribution in [0, 0.1) is 23.7 Å². The van der Waals surface area contributed by atoms with E-state index in [2.05, 4.69) is 120 Å². The first-order valence-corrected chi connectivity index (χ1v) is 16.8. The molecule has 4 saturated carbocycles. The Morgan fingerprint density at radius 2 is 1.24 bits per heavy atom.